The molecule has 0 unspecified atom stereocenters. The minimum absolute atomic E-state index is 0.0280. The summed E-state index contributed by atoms with van der Waals surface area (Å²) in [6.45, 7) is 1.97. The van der Waals surface area contributed by atoms with Gasteiger partial charge in [-0.15, -0.1) is 0 Å². The number of rotatable bonds is 0. The molecule has 1 aromatic carbocycles. The third-order valence-corrected chi connectivity index (χ3v) is 4.65. The SMILES string of the molecule is C/C1=C\CC[C@]23O[C@H]2[C@@H](OC3=O)c2c(O)ccc(O)c2C1. The highest BCUT2D eigenvalue weighted by Gasteiger charge is 2.73. The maximum absolute atomic E-state index is 12.1. The molecule has 5 heteroatoms. The van der Waals surface area contributed by atoms with Crippen molar-refractivity contribution in [3.8, 4) is 11.5 Å². The zero-order chi connectivity index (χ0) is 14.8. The van der Waals surface area contributed by atoms with E-state index in [1.165, 1.54) is 12.1 Å². The number of esters is 1. The second-order valence-electron chi connectivity index (χ2n) is 6.02. The Hall–Kier alpha value is -2.01. The lowest BCUT2D eigenvalue weighted by Crippen LogP contribution is -2.22. The first-order valence-corrected chi connectivity index (χ1v) is 7.11. The Morgan fingerprint density at radius 2 is 2.05 bits per heavy atom. The highest BCUT2D eigenvalue weighted by Crippen LogP contribution is 2.58. The number of epoxide rings is 1. The van der Waals surface area contributed by atoms with Gasteiger partial charge in [-0.2, -0.15) is 0 Å². The Morgan fingerprint density at radius 3 is 2.81 bits per heavy atom. The van der Waals surface area contributed by atoms with Crippen LogP contribution in [0.25, 0.3) is 0 Å². The van der Waals surface area contributed by atoms with E-state index in [1.54, 1.807) is 0 Å². The minimum atomic E-state index is -0.853. The van der Waals surface area contributed by atoms with Crippen LogP contribution in [0.15, 0.2) is 23.8 Å². The number of benzene rings is 1. The van der Waals surface area contributed by atoms with Crippen LogP contribution in [0.3, 0.4) is 0 Å². The smallest absolute Gasteiger partial charge is 0.342 e. The molecule has 110 valence electrons. The van der Waals surface area contributed by atoms with Gasteiger partial charge < -0.3 is 19.7 Å². The van der Waals surface area contributed by atoms with Crippen molar-refractivity contribution < 1.29 is 24.5 Å². The monoisotopic (exact) mass is 288 g/mol. The number of allylic oxidation sites excluding steroid dienone is 2. The standard InChI is InChI=1S/C16H16O5/c1-8-3-2-6-16-14(21-16)13(20-15(16)19)12-9(7-8)10(17)4-5-11(12)18/h3-5,13-14,17-18H,2,6-7H2,1H3/b8-3+/t13-,14-,16-/m0/s1. The van der Waals surface area contributed by atoms with E-state index in [2.05, 4.69) is 0 Å². The molecule has 3 atom stereocenters. The number of fused-ring (bicyclic) bond motifs is 2. The molecule has 1 aromatic rings. The Labute approximate surface area is 121 Å². The number of aromatic hydroxyl groups is 2. The molecule has 1 aliphatic carbocycles. The summed E-state index contributed by atoms with van der Waals surface area (Å²) in [5.74, 6) is -0.232. The Bertz CT molecular complexity index is 677. The second kappa shape index (κ2) is 4.01. The quantitative estimate of drug-likeness (QED) is 0.331. The molecule has 0 amide bonds. The Balaban J connectivity index is 1.91. The normalized spacial score (nSPS) is 36.0. The fraction of sp³-hybridized carbons (Fsp3) is 0.438. The van der Waals surface area contributed by atoms with Crippen molar-refractivity contribution in [2.24, 2.45) is 0 Å². The summed E-state index contributed by atoms with van der Waals surface area (Å²) in [5, 5.41) is 20.4. The van der Waals surface area contributed by atoms with E-state index >= 15 is 0 Å². The molecule has 2 fully saturated rings. The van der Waals surface area contributed by atoms with Gasteiger partial charge in [-0.3, -0.25) is 0 Å². The molecule has 21 heavy (non-hydrogen) atoms. The largest absolute Gasteiger partial charge is 0.508 e. The minimum Gasteiger partial charge on any atom is -0.508 e. The van der Waals surface area contributed by atoms with Crippen molar-refractivity contribution in [1.29, 1.82) is 0 Å². The lowest BCUT2D eigenvalue weighted by atomic mass is 9.88. The fourth-order valence-corrected chi connectivity index (χ4v) is 3.48. The van der Waals surface area contributed by atoms with E-state index < -0.39 is 11.7 Å². The third-order valence-electron chi connectivity index (χ3n) is 4.65. The van der Waals surface area contributed by atoms with Gasteiger partial charge in [0.1, 0.15) is 17.6 Å². The van der Waals surface area contributed by atoms with Crippen molar-refractivity contribution in [1.82, 2.24) is 0 Å². The molecule has 2 heterocycles. The number of hydrogen-bond acceptors (Lipinski definition) is 5. The summed E-state index contributed by atoms with van der Waals surface area (Å²) < 4.78 is 11.1. The summed E-state index contributed by atoms with van der Waals surface area (Å²) in [6.07, 6.45) is 2.91. The van der Waals surface area contributed by atoms with Gasteiger partial charge in [0.2, 0.25) is 0 Å². The molecule has 0 radical (unpaired) electrons. The van der Waals surface area contributed by atoms with E-state index in [9.17, 15) is 15.0 Å². The maximum atomic E-state index is 12.1. The molecule has 3 aliphatic rings. The van der Waals surface area contributed by atoms with Crippen LogP contribution >= 0.6 is 0 Å². The van der Waals surface area contributed by atoms with E-state index in [-0.39, 0.29) is 23.6 Å². The topological polar surface area (TPSA) is 79.3 Å². The first kappa shape index (κ1) is 12.7. The van der Waals surface area contributed by atoms with E-state index in [1.807, 2.05) is 13.0 Å². The maximum Gasteiger partial charge on any atom is 0.342 e. The van der Waals surface area contributed by atoms with Crippen molar-refractivity contribution in [3.05, 3.63) is 34.9 Å². The molecular formula is C16H16O5. The average molecular weight is 288 g/mol. The highest BCUT2D eigenvalue weighted by molar-refractivity contribution is 5.87. The summed E-state index contributed by atoms with van der Waals surface area (Å²) in [5.41, 5.74) is 1.31. The van der Waals surface area contributed by atoms with Gasteiger partial charge in [0, 0.05) is 11.1 Å². The lowest BCUT2D eigenvalue weighted by molar-refractivity contribution is -0.154. The molecule has 2 saturated heterocycles. The number of phenols is 2. The van der Waals surface area contributed by atoms with Crippen LogP contribution in [-0.4, -0.2) is 27.9 Å². The van der Waals surface area contributed by atoms with E-state index in [0.717, 1.165) is 12.0 Å². The van der Waals surface area contributed by atoms with Crippen LogP contribution in [0, 0.1) is 0 Å². The van der Waals surface area contributed by atoms with Crippen molar-refractivity contribution in [3.63, 3.8) is 0 Å². The fourth-order valence-electron chi connectivity index (χ4n) is 3.48. The van der Waals surface area contributed by atoms with Crippen LogP contribution < -0.4 is 0 Å². The van der Waals surface area contributed by atoms with Crippen molar-refractivity contribution in [2.75, 3.05) is 0 Å². The van der Waals surface area contributed by atoms with Gasteiger partial charge in [-0.25, -0.2) is 4.79 Å². The third kappa shape index (κ3) is 1.64. The Morgan fingerprint density at radius 1 is 1.29 bits per heavy atom. The van der Waals surface area contributed by atoms with Crippen LogP contribution in [0.5, 0.6) is 11.5 Å². The van der Waals surface area contributed by atoms with E-state index in [4.69, 9.17) is 9.47 Å². The summed E-state index contributed by atoms with van der Waals surface area (Å²) in [4.78, 5) is 12.1. The second-order valence-corrected chi connectivity index (χ2v) is 6.02. The summed E-state index contributed by atoms with van der Waals surface area (Å²) in [6, 6.07) is 2.89. The molecule has 0 saturated carbocycles. The molecule has 4 rings (SSSR count). The number of ether oxygens (including phenoxy) is 2. The van der Waals surface area contributed by atoms with Crippen LogP contribution in [0.1, 0.15) is 37.0 Å². The molecule has 2 N–H and O–H groups in total. The van der Waals surface area contributed by atoms with Gasteiger partial charge in [0.15, 0.2) is 11.7 Å². The Kier molecular flexibility index (Phi) is 2.43. The number of carbonyl (C=O) groups is 1. The zero-order valence-corrected chi connectivity index (χ0v) is 11.6. The first-order valence-electron chi connectivity index (χ1n) is 7.11. The molecule has 5 nitrogen and oxygen atoms in total. The molecule has 2 aliphatic heterocycles. The van der Waals surface area contributed by atoms with Gasteiger partial charge in [-0.1, -0.05) is 11.6 Å². The van der Waals surface area contributed by atoms with Crippen LogP contribution in [0.4, 0.5) is 0 Å². The van der Waals surface area contributed by atoms with Gasteiger partial charge in [0.05, 0.1) is 0 Å². The zero-order valence-electron chi connectivity index (χ0n) is 11.6. The van der Waals surface area contributed by atoms with Gasteiger partial charge in [0.25, 0.3) is 0 Å². The summed E-state index contributed by atoms with van der Waals surface area (Å²) >= 11 is 0. The van der Waals surface area contributed by atoms with Crippen molar-refractivity contribution >= 4 is 5.97 Å². The summed E-state index contributed by atoms with van der Waals surface area (Å²) in [7, 11) is 0. The van der Waals surface area contributed by atoms with Gasteiger partial charge >= 0.3 is 5.97 Å². The van der Waals surface area contributed by atoms with Crippen LogP contribution in [0.2, 0.25) is 0 Å². The number of carbonyl (C=O) groups excluding carboxylic acids is 1. The van der Waals surface area contributed by atoms with Crippen molar-refractivity contribution in [2.45, 2.75) is 44.0 Å². The first-order chi connectivity index (χ1) is 10.0. The van der Waals surface area contributed by atoms with E-state index in [0.29, 0.717) is 24.0 Å². The predicted octanol–water partition coefficient (Wildman–Crippen LogP) is 2.12. The molecule has 0 aromatic heterocycles. The van der Waals surface area contributed by atoms with Crippen LogP contribution in [-0.2, 0) is 20.7 Å². The molecule has 0 spiro atoms. The molecule has 2 bridgehead atoms. The average Bonchev–Trinajstić information content (AvgIpc) is 3.11. The lowest BCUT2D eigenvalue weighted by Gasteiger charge is -2.19. The van der Waals surface area contributed by atoms with Gasteiger partial charge in [-0.05, 0) is 38.3 Å². The highest BCUT2D eigenvalue weighted by atomic mass is 16.7. The number of phenolic OH excluding ortho intramolecular Hbond substituents is 2. The molecular weight excluding hydrogens is 272 g/mol. The number of hydrogen-bond donors (Lipinski definition) is 2. The predicted molar refractivity (Wildman–Crippen MR) is 72.9 cm³/mol.